The zero-order valence-electron chi connectivity index (χ0n) is 15.7. The van der Waals surface area contributed by atoms with Crippen molar-refractivity contribution in [3.63, 3.8) is 0 Å². The number of H-pyrrole nitrogens is 1. The van der Waals surface area contributed by atoms with Crippen molar-refractivity contribution in [2.45, 2.75) is 26.3 Å². The fourth-order valence-electron chi connectivity index (χ4n) is 3.78. The molecule has 27 heavy (non-hydrogen) atoms. The molecular weight excluding hydrogens is 336 g/mol. The number of benzene rings is 1. The second-order valence-electron chi connectivity index (χ2n) is 7.05. The van der Waals surface area contributed by atoms with Crippen LogP contribution in [0.15, 0.2) is 54.9 Å². The predicted molar refractivity (Wildman–Crippen MR) is 108 cm³/mol. The molecule has 0 aliphatic carbocycles. The van der Waals surface area contributed by atoms with Gasteiger partial charge in [0, 0.05) is 47.6 Å². The summed E-state index contributed by atoms with van der Waals surface area (Å²) in [6, 6.07) is 12.2. The number of aryl methyl sites for hydroxylation is 1. The van der Waals surface area contributed by atoms with E-state index in [1.54, 1.807) is 12.4 Å². The number of nitrogens with zero attached hydrogens (tertiary/aromatic N) is 2. The van der Waals surface area contributed by atoms with Crippen LogP contribution in [0.2, 0.25) is 0 Å². The lowest BCUT2D eigenvalue weighted by Crippen LogP contribution is -2.43. The molecule has 5 heteroatoms. The summed E-state index contributed by atoms with van der Waals surface area (Å²) < 4.78 is 0. The summed E-state index contributed by atoms with van der Waals surface area (Å²) in [7, 11) is 0. The van der Waals surface area contributed by atoms with Crippen molar-refractivity contribution in [3.05, 3.63) is 71.7 Å². The Bertz CT molecular complexity index is 990. The van der Waals surface area contributed by atoms with Crippen LogP contribution in [-0.4, -0.2) is 34.0 Å². The number of fused-ring (bicyclic) bond motifs is 1. The van der Waals surface area contributed by atoms with Crippen molar-refractivity contribution in [1.29, 1.82) is 0 Å². The zero-order chi connectivity index (χ0) is 18.8. The van der Waals surface area contributed by atoms with Crippen LogP contribution in [0.4, 0.5) is 4.79 Å². The van der Waals surface area contributed by atoms with E-state index in [0.29, 0.717) is 6.54 Å². The molecule has 0 radical (unpaired) electrons. The minimum Gasteiger partial charge on any atom is -0.358 e. The minimum absolute atomic E-state index is 0.0229. The molecule has 1 atom stereocenters. The highest BCUT2D eigenvalue weighted by Crippen LogP contribution is 2.32. The van der Waals surface area contributed by atoms with Gasteiger partial charge in [-0.25, -0.2) is 4.79 Å². The standard InChI is InChI=1S/C22H24N4O/c1-15(17-7-11-23-12-8-17)25-22(27)26-13-9-18(10-14-26)21-16(2)24-20-6-4-3-5-19(20)21/h3-9,11-12,15,24H,10,13-14H2,1-2H3,(H,25,27). The van der Waals surface area contributed by atoms with Gasteiger partial charge in [-0.2, -0.15) is 0 Å². The number of carbonyl (C=O) groups is 1. The van der Waals surface area contributed by atoms with Crippen molar-refractivity contribution < 1.29 is 4.79 Å². The summed E-state index contributed by atoms with van der Waals surface area (Å²) in [5, 5.41) is 4.34. The van der Waals surface area contributed by atoms with Crippen LogP contribution in [0.5, 0.6) is 0 Å². The van der Waals surface area contributed by atoms with E-state index in [2.05, 4.69) is 46.5 Å². The zero-order valence-corrected chi connectivity index (χ0v) is 15.7. The molecule has 2 aromatic heterocycles. The lowest BCUT2D eigenvalue weighted by molar-refractivity contribution is 0.200. The molecule has 1 aliphatic heterocycles. The van der Waals surface area contributed by atoms with Gasteiger partial charge in [0.15, 0.2) is 0 Å². The second kappa shape index (κ2) is 7.27. The highest BCUT2D eigenvalue weighted by molar-refractivity contribution is 5.94. The highest BCUT2D eigenvalue weighted by atomic mass is 16.2. The van der Waals surface area contributed by atoms with E-state index in [0.717, 1.165) is 24.0 Å². The van der Waals surface area contributed by atoms with Gasteiger partial charge in [-0.3, -0.25) is 4.98 Å². The van der Waals surface area contributed by atoms with Crippen LogP contribution in [0.1, 0.15) is 36.2 Å². The molecule has 1 aromatic carbocycles. The molecule has 3 heterocycles. The second-order valence-corrected chi connectivity index (χ2v) is 7.05. The predicted octanol–water partition coefficient (Wildman–Crippen LogP) is 4.43. The maximum absolute atomic E-state index is 12.6. The van der Waals surface area contributed by atoms with E-state index in [1.165, 1.54) is 22.2 Å². The summed E-state index contributed by atoms with van der Waals surface area (Å²) in [6.07, 6.45) is 6.54. The van der Waals surface area contributed by atoms with Crippen molar-refractivity contribution in [2.24, 2.45) is 0 Å². The van der Waals surface area contributed by atoms with E-state index < -0.39 is 0 Å². The molecule has 0 bridgehead atoms. The average molecular weight is 360 g/mol. The molecule has 0 saturated heterocycles. The van der Waals surface area contributed by atoms with Gasteiger partial charge in [0.05, 0.1) is 6.04 Å². The first kappa shape index (κ1) is 17.3. The lowest BCUT2D eigenvalue weighted by Gasteiger charge is -2.28. The fourth-order valence-corrected chi connectivity index (χ4v) is 3.78. The van der Waals surface area contributed by atoms with Gasteiger partial charge in [0.2, 0.25) is 0 Å². The molecule has 1 unspecified atom stereocenters. The number of urea groups is 1. The van der Waals surface area contributed by atoms with Crippen molar-refractivity contribution in [2.75, 3.05) is 13.1 Å². The van der Waals surface area contributed by atoms with Crippen LogP contribution >= 0.6 is 0 Å². The molecule has 5 nitrogen and oxygen atoms in total. The Labute approximate surface area is 159 Å². The molecule has 0 spiro atoms. The number of pyridine rings is 1. The molecule has 0 fully saturated rings. The quantitative estimate of drug-likeness (QED) is 0.726. The third-order valence-electron chi connectivity index (χ3n) is 5.26. The number of aromatic nitrogens is 2. The number of hydrogen-bond donors (Lipinski definition) is 2. The Morgan fingerprint density at radius 1 is 1.22 bits per heavy atom. The summed E-state index contributed by atoms with van der Waals surface area (Å²) in [6.45, 7) is 5.46. The maximum Gasteiger partial charge on any atom is 0.318 e. The van der Waals surface area contributed by atoms with Crippen LogP contribution in [0.3, 0.4) is 0 Å². The maximum atomic E-state index is 12.6. The van der Waals surface area contributed by atoms with E-state index in [9.17, 15) is 4.79 Å². The third kappa shape index (κ3) is 3.45. The molecule has 3 aromatic rings. The van der Waals surface area contributed by atoms with E-state index in [1.807, 2.05) is 30.0 Å². The number of rotatable bonds is 3. The molecule has 0 saturated carbocycles. The molecule has 138 valence electrons. The molecule has 2 amide bonds. The molecule has 4 rings (SSSR count). The number of carbonyl (C=O) groups excluding carboxylic acids is 1. The van der Waals surface area contributed by atoms with Crippen molar-refractivity contribution in [1.82, 2.24) is 20.2 Å². The van der Waals surface area contributed by atoms with Gasteiger partial charge in [-0.05, 0) is 49.6 Å². The topological polar surface area (TPSA) is 61.0 Å². The van der Waals surface area contributed by atoms with Gasteiger partial charge in [-0.1, -0.05) is 24.3 Å². The highest BCUT2D eigenvalue weighted by Gasteiger charge is 2.21. The Morgan fingerprint density at radius 2 is 2.00 bits per heavy atom. The minimum atomic E-state index is -0.0401. The summed E-state index contributed by atoms with van der Waals surface area (Å²) in [5.41, 5.74) is 6.01. The van der Waals surface area contributed by atoms with Crippen molar-refractivity contribution in [3.8, 4) is 0 Å². The van der Waals surface area contributed by atoms with Gasteiger partial charge in [0.1, 0.15) is 0 Å². The van der Waals surface area contributed by atoms with Crippen LogP contribution in [0, 0.1) is 6.92 Å². The molecular formula is C22H24N4O. The van der Waals surface area contributed by atoms with Gasteiger partial charge < -0.3 is 15.2 Å². The van der Waals surface area contributed by atoms with E-state index in [-0.39, 0.29) is 12.1 Å². The van der Waals surface area contributed by atoms with Crippen LogP contribution < -0.4 is 5.32 Å². The first-order valence-electron chi connectivity index (χ1n) is 9.35. The number of amides is 2. The third-order valence-corrected chi connectivity index (χ3v) is 5.26. The first-order chi connectivity index (χ1) is 13.1. The number of nitrogens with one attached hydrogen (secondary N) is 2. The van der Waals surface area contributed by atoms with Crippen molar-refractivity contribution >= 4 is 22.5 Å². The SMILES string of the molecule is Cc1[nH]c2ccccc2c1C1=CCN(C(=O)NC(C)c2ccncc2)CC1. The smallest absolute Gasteiger partial charge is 0.318 e. The van der Waals surface area contributed by atoms with Crippen LogP contribution in [0.25, 0.3) is 16.5 Å². The summed E-state index contributed by atoms with van der Waals surface area (Å²) >= 11 is 0. The number of para-hydroxylation sites is 1. The normalized spacial score (nSPS) is 15.5. The van der Waals surface area contributed by atoms with Crippen LogP contribution in [-0.2, 0) is 0 Å². The van der Waals surface area contributed by atoms with Gasteiger partial charge in [-0.15, -0.1) is 0 Å². The number of aromatic amines is 1. The molecule has 2 N–H and O–H groups in total. The summed E-state index contributed by atoms with van der Waals surface area (Å²) in [4.78, 5) is 22.0. The fraction of sp³-hybridized carbons (Fsp3) is 0.273. The van der Waals surface area contributed by atoms with Gasteiger partial charge >= 0.3 is 6.03 Å². The Hall–Kier alpha value is -3.08. The summed E-state index contributed by atoms with van der Waals surface area (Å²) in [5.74, 6) is 0. The average Bonchev–Trinajstić information content (AvgIpc) is 3.04. The van der Waals surface area contributed by atoms with Gasteiger partial charge in [0.25, 0.3) is 0 Å². The largest absolute Gasteiger partial charge is 0.358 e. The number of hydrogen-bond acceptors (Lipinski definition) is 2. The monoisotopic (exact) mass is 360 g/mol. The van der Waals surface area contributed by atoms with E-state index in [4.69, 9.17) is 0 Å². The first-order valence-corrected chi connectivity index (χ1v) is 9.35. The van der Waals surface area contributed by atoms with E-state index >= 15 is 0 Å². The Kier molecular flexibility index (Phi) is 4.67. The Morgan fingerprint density at radius 3 is 2.74 bits per heavy atom. The molecule has 1 aliphatic rings. The lowest BCUT2D eigenvalue weighted by atomic mass is 9.97. The Balaban J connectivity index is 1.46.